The maximum absolute atomic E-state index is 12.4. The number of fused-ring (bicyclic) bond motifs is 1. The number of aryl methyl sites for hydroxylation is 1. The second-order valence-electron chi connectivity index (χ2n) is 5.30. The summed E-state index contributed by atoms with van der Waals surface area (Å²) >= 11 is 5.91. The van der Waals surface area contributed by atoms with Gasteiger partial charge in [-0.25, -0.2) is 9.97 Å². The van der Waals surface area contributed by atoms with E-state index in [-0.39, 0.29) is 5.78 Å². The van der Waals surface area contributed by atoms with Gasteiger partial charge in [0.2, 0.25) is 0 Å². The Morgan fingerprint density at radius 3 is 2.96 bits per heavy atom. The van der Waals surface area contributed by atoms with E-state index >= 15 is 0 Å². The van der Waals surface area contributed by atoms with Crippen molar-refractivity contribution >= 4 is 34.6 Å². The minimum absolute atomic E-state index is 0.301. The Morgan fingerprint density at radius 1 is 1.42 bits per heavy atom. The van der Waals surface area contributed by atoms with Crippen LogP contribution >= 0.6 is 11.6 Å². The number of pyridine rings is 1. The highest BCUT2D eigenvalue weighted by Crippen LogP contribution is 2.20. The van der Waals surface area contributed by atoms with Gasteiger partial charge in [0, 0.05) is 11.2 Å². The zero-order valence-corrected chi connectivity index (χ0v) is 13.6. The highest BCUT2D eigenvalue weighted by molar-refractivity contribution is 6.30. The van der Waals surface area contributed by atoms with Crippen LogP contribution in [0.5, 0.6) is 0 Å². The fourth-order valence-electron chi connectivity index (χ4n) is 2.33. The lowest BCUT2D eigenvalue weighted by Gasteiger charge is -2.01. The van der Waals surface area contributed by atoms with Gasteiger partial charge in [-0.2, -0.15) is 5.26 Å². The van der Waals surface area contributed by atoms with Crippen LogP contribution in [0.15, 0.2) is 42.6 Å². The van der Waals surface area contributed by atoms with E-state index in [1.807, 2.05) is 25.1 Å². The van der Waals surface area contributed by atoms with E-state index in [2.05, 4.69) is 15.0 Å². The summed E-state index contributed by atoms with van der Waals surface area (Å²) in [4.78, 5) is 23.8. The summed E-state index contributed by atoms with van der Waals surface area (Å²) in [6.07, 6.45) is 4.64. The van der Waals surface area contributed by atoms with E-state index in [0.29, 0.717) is 16.5 Å². The third-order valence-electron chi connectivity index (χ3n) is 3.59. The number of benzene rings is 1. The van der Waals surface area contributed by atoms with Crippen LogP contribution in [0, 0.1) is 18.3 Å². The van der Waals surface area contributed by atoms with Gasteiger partial charge in [-0.05, 0) is 42.3 Å². The summed E-state index contributed by atoms with van der Waals surface area (Å²) in [5, 5.41) is 9.96. The molecule has 0 spiro atoms. The third-order valence-corrected chi connectivity index (χ3v) is 3.83. The predicted molar refractivity (Wildman–Crippen MR) is 92.5 cm³/mol. The summed E-state index contributed by atoms with van der Waals surface area (Å²) in [5.74, 6) is -1.06. The third kappa shape index (κ3) is 3.19. The average Bonchev–Trinajstić information content (AvgIpc) is 2.99. The molecule has 3 aromatic rings. The number of carbonyl (C=O) groups is 1. The second kappa shape index (κ2) is 6.65. The fourth-order valence-corrected chi connectivity index (χ4v) is 2.53. The fraction of sp³-hybridized carbons (Fsp3) is 0.111. The van der Waals surface area contributed by atoms with E-state index in [9.17, 15) is 10.1 Å². The van der Waals surface area contributed by atoms with Gasteiger partial charge in [0.25, 0.3) is 0 Å². The number of hydrogen-bond acceptors (Lipinski definition) is 4. The number of hydrogen-bond donors (Lipinski definition) is 1. The van der Waals surface area contributed by atoms with Crippen LogP contribution in [0.1, 0.15) is 22.9 Å². The van der Waals surface area contributed by atoms with Crippen molar-refractivity contribution in [1.82, 2.24) is 15.0 Å². The summed E-state index contributed by atoms with van der Waals surface area (Å²) in [7, 11) is 0. The largest absolute Gasteiger partial charge is 0.339 e. The van der Waals surface area contributed by atoms with Crippen LogP contribution < -0.4 is 0 Å². The number of nitrogens with one attached hydrogen (secondary N) is 1. The molecule has 0 aliphatic heterocycles. The molecule has 2 aromatic heterocycles. The molecule has 0 aliphatic carbocycles. The SMILES string of the molecule is Cc1ccnc2nc(C(C#N)C(=O)C=Cc3cccc(Cl)c3)[nH]c12. The normalized spacial score (nSPS) is 12.4. The molecule has 2 heterocycles. The van der Waals surface area contributed by atoms with Crippen molar-refractivity contribution in [2.75, 3.05) is 0 Å². The zero-order chi connectivity index (χ0) is 17.1. The molecule has 0 saturated heterocycles. The highest BCUT2D eigenvalue weighted by atomic mass is 35.5. The van der Waals surface area contributed by atoms with Gasteiger partial charge in [-0.3, -0.25) is 4.79 Å². The highest BCUT2D eigenvalue weighted by Gasteiger charge is 2.22. The number of allylic oxidation sites excluding steroid dienone is 1. The average molecular weight is 337 g/mol. The van der Waals surface area contributed by atoms with Gasteiger partial charge in [-0.15, -0.1) is 0 Å². The monoisotopic (exact) mass is 336 g/mol. The van der Waals surface area contributed by atoms with E-state index in [4.69, 9.17) is 11.6 Å². The van der Waals surface area contributed by atoms with Crippen LogP contribution in [0.25, 0.3) is 17.2 Å². The Morgan fingerprint density at radius 2 is 2.25 bits per heavy atom. The summed E-state index contributed by atoms with van der Waals surface area (Å²) in [6, 6.07) is 10.9. The van der Waals surface area contributed by atoms with Crippen LogP contribution in [-0.4, -0.2) is 20.7 Å². The Hall–Kier alpha value is -2.97. The minimum Gasteiger partial charge on any atom is -0.339 e. The molecule has 1 aromatic carbocycles. The lowest BCUT2D eigenvalue weighted by atomic mass is 10.0. The molecule has 118 valence electrons. The first-order valence-corrected chi connectivity index (χ1v) is 7.64. The Labute approximate surface area is 143 Å². The van der Waals surface area contributed by atoms with Crippen LogP contribution in [-0.2, 0) is 4.79 Å². The van der Waals surface area contributed by atoms with Crippen LogP contribution in [0.2, 0.25) is 5.02 Å². The van der Waals surface area contributed by atoms with E-state index in [1.165, 1.54) is 6.08 Å². The number of nitrogens with zero attached hydrogens (tertiary/aromatic N) is 3. The van der Waals surface area contributed by atoms with Gasteiger partial charge in [0.05, 0.1) is 11.6 Å². The molecule has 1 unspecified atom stereocenters. The van der Waals surface area contributed by atoms with Crippen LogP contribution in [0.4, 0.5) is 0 Å². The molecule has 0 amide bonds. The molecule has 0 bridgehead atoms. The van der Waals surface area contributed by atoms with Crippen molar-refractivity contribution in [2.24, 2.45) is 0 Å². The first kappa shape index (κ1) is 15.9. The first-order chi connectivity index (χ1) is 11.6. The van der Waals surface area contributed by atoms with Crippen molar-refractivity contribution in [3.05, 3.63) is 64.6 Å². The molecular weight excluding hydrogens is 324 g/mol. The maximum atomic E-state index is 12.4. The number of carbonyl (C=O) groups excluding carboxylic acids is 1. The number of halogens is 1. The molecule has 0 aliphatic rings. The number of aromatic nitrogens is 3. The summed E-state index contributed by atoms with van der Waals surface area (Å²) in [5.41, 5.74) is 2.98. The van der Waals surface area contributed by atoms with Crippen LogP contribution in [0.3, 0.4) is 0 Å². The molecule has 3 rings (SSSR count). The molecule has 0 radical (unpaired) electrons. The number of imidazole rings is 1. The molecule has 5 nitrogen and oxygen atoms in total. The van der Waals surface area contributed by atoms with Crippen molar-refractivity contribution in [3.63, 3.8) is 0 Å². The molecule has 1 N–H and O–H groups in total. The predicted octanol–water partition coefficient (Wildman–Crippen LogP) is 3.81. The number of aromatic amines is 1. The lowest BCUT2D eigenvalue weighted by molar-refractivity contribution is -0.114. The zero-order valence-electron chi connectivity index (χ0n) is 12.8. The molecule has 24 heavy (non-hydrogen) atoms. The summed E-state index contributed by atoms with van der Waals surface area (Å²) < 4.78 is 0. The number of ketones is 1. The van der Waals surface area contributed by atoms with Crippen molar-refractivity contribution < 1.29 is 4.79 Å². The van der Waals surface area contributed by atoms with Gasteiger partial charge in [0.1, 0.15) is 5.82 Å². The maximum Gasteiger partial charge on any atom is 0.180 e. The van der Waals surface area contributed by atoms with Gasteiger partial charge in [-0.1, -0.05) is 29.8 Å². The molecule has 1 atom stereocenters. The topological polar surface area (TPSA) is 82.4 Å². The molecule has 0 fully saturated rings. The Kier molecular flexibility index (Phi) is 4.41. The quantitative estimate of drug-likeness (QED) is 0.734. The summed E-state index contributed by atoms with van der Waals surface area (Å²) in [6.45, 7) is 1.91. The first-order valence-electron chi connectivity index (χ1n) is 7.27. The minimum atomic E-state index is -1.01. The molecule has 0 saturated carbocycles. The standard InChI is InChI=1S/C18H13ClN4O/c1-11-7-8-21-18-16(11)22-17(23-18)14(10-20)15(24)6-5-12-3-2-4-13(19)9-12/h2-9,14H,1H3,(H,21,22,23). The lowest BCUT2D eigenvalue weighted by Crippen LogP contribution is -2.09. The smallest absolute Gasteiger partial charge is 0.180 e. The van der Waals surface area contributed by atoms with Crippen molar-refractivity contribution in [1.29, 1.82) is 5.26 Å². The van der Waals surface area contributed by atoms with Crippen molar-refractivity contribution in [2.45, 2.75) is 12.8 Å². The van der Waals surface area contributed by atoms with E-state index in [1.54, 1.807) is 30.5 Å². The van der Waals surface area contributed by atoms with Gasteiger partial charge >= 0.3 is 0 Å². The number of H-pyrrole nitrogens is 1. The number of nitriles is 1. The Balaban J connectivity index is 1.88. The van der Waals surface area contributed by atoms with E-state index in [0.717, 1.165) is 16.6 Å². The molecular formula is C18H13ClN4O. The van der Waals surface area contributed by atoms with Gasteiger partial charge in [0.15, 0.2) is 17.3 Å². The Bertz CT molecular complexity index is 984. The molecule has 6 heteroatoms. The van der Waals surface area contributed by atoms with Crippen molar-refractivity contribution in [3.8, 4) is 6.07 Å². The van der Waals surface area contributed by atoms with Gasteiger partial charge < -0.3 is 4.98 Å². The second-order valence-corrected chi connectivity index (χ2v) is 5.74. The number of rotatable bonds is 4. The van der Waals surface area contributed by atoms with E-state index < -0.39 is 5.92 Å².